The Bertz CT molecular complexity index is 2530. The number of hydrogen-bond donors (Lipinski definition) is 0. The standard InChI is InChI=1S/C40H24N6/c1-3-11-26(12-4-1)38-44-39(27-13-5-2-6-14-27)46-40(45-38)29-16-9-15-28(23-29)35-32-24-42-37-31(21-20-25-17-10-22-41-36(25)37)34(32)30-18-7-8-19-33(30)43-35/h1-24H. The normalized spacial score (nSPS) is 11.5. The molecule has 4 heterocycles. The van der Waals surface area contributed by atoms with Gasteiger partial charge in [-0.3, -0.25) is 9.97 Å². The molecule has 0 radical (unpaired) electrons. The molecule has 214 valence electrons. The first-order chi connectivity index (χ1) is 22.8. The van der Waals surface area contributed by atoms with Crippen LogP contribution in [0.5, 0.6) is 0 Å². The minimum atomic E-state index is 0.598. The molecular weight excluding hydrogens is 564 g/mol. The lowest BCUT2D eigenvalue weighted by Crippen LogP contribution is -2.00. The van der Waals surface area contributed by atoms with Crippen LogP contribution in [0.3, 0.4) is 0 Å². The highest BCUT2D eigenvalue weighted by atomic mass is 15.0. The lowest BCUT2D eigenvalue weighted by Gasteiger charge is -2.14. The third-order valence-electron chi connectivity index (χ3n) is 8.36. The molecule has 0 unspecified atom stereocenters. The van der Waals surface area contributed by atoms with Gasteiger partial charge in [0.2, 0.25) is 0 Å². The van der Waals surface area contributed by atoms with Crippen LogP contribution in [0.25, 0.3) is 88.9 Å². The van der Waals surface area contributed by atoms with E-state index in [1.54, 1.807) is 0 Å². The zero-order chi connectivity index (χ0) is 30.5. The van der Waals surface area contributed by atoms with Crippen LogP contribution in [0, 0.1) is 0 Å². The van der Waals surface area contributed by atoms with Gasteiger partial charge < -0.3 is 0 Å². The summed E-state index contributed by atoms with van der Waals surface area (Å²) >= 11 is 0. The van der Waals surface area contributed by atoms with E-state index in [2.05, 4.69) is 53.5 Å². The van der Waals surface area contributed by atoms with Gasteiger partial charge in [-0.1, -0.05) is 115 Å². The first-order valence-electron chi connectivity index (χ1n) is 15.1. The molecule has 0 spiro atoms. The van der Waals surface area contributed by atoms with E-state index in [1.807, 2.05) is 97.3 Å². The maximum Gasteiger partial charge on any atom is 0.164 e. The van der Waals surface area contributed by atoms with Crippen molar-refractivity contribution in [1.82, 2.24) is 29.9 Å². The van der Waals surface area contributed by atoms with Crippen LogP contribution in [0.1, 0.15) is 0 Å². The summed E-state index contributed by atoms with van der Waals surface area (Å²) in [6.45, 7) is 0. The summed E-state index contributed by atoms with van der Waals surface area (Å²) in [5, 5.41) is 5.29. The van der Waals surface area contributed by atoms with Crippen LogP contribution in [0.15, 0.2) is 146 Å². The zero-order valence-corrected chi connectivity index (χ0v) is 24.5. The number of hydrogen-bond acceptors (Lipinski definition) is 6. The van der Waals surface area contributed by atoms with Gasteiger partial charge in [-0.25, -0.2) is 19.9 Å². The summed E-state index contributed by atoms with van der Waals surface area (Å²) in [4.78, 5) is 29.6. The number of aromatic nitrogens is 6. The van der Waals surface area contributed by atoms with Crippen LogP contribution in [0.2, 0.25) is 0 Å². The molecule has 0 aliphatic carbocycles. The van der Waals surface area contributed by atoms with E-state index in [0.717, 1.165) is 71.4 Å². The summed E-state index contributed by atoms with van der Waals surface area (Å²) in [6.07, 6.45) is 3.76. The van der Waals surface area contributed by atoms with Gasteiger partial charge in [-0.15, -0.1) is 0 Å². The number of nitrogens with zero attached hydrogens (tertiary/aromatic N) is 6. The van der Waals surface area contributed by atoms with Crippen molar-refractivity contribution in [1.29, 1.82) is 0 Å². The van der Waals surface area contributed by atoms with Gasteiger partial charge in [0.25, 0.3) is 0 Å². The van der Waals surface area contributed by atoms with Crippen molar-refractivity contribution in [3.63, 3.8) is 0 Å². The largest absolute Gasteiger partial charge is 0.254 e. The molecule has 0 atom stereocenters. The number of pyridine rings is 3. The molecule has 0 aliphatic heterocycles. The Hall–Kier alpha value is -6.40. The average molecular weight is 589 g/mol. The highest BCUT2D eigenvalue weighted by molar-refractivity contribution is 6.24. The van der Waals surface area contributed by atoms with Gasteiger partial charge in [-0.2, -0.15) is 0 Å². The van der Waals surface area contributed by atoms with Crippen LogP contribution in [-0.4, -0.2) is 29.9 Å². The van der Waals surface area contributed by atoms with E-state index in [-0.39, 0.29) is 0 Å². The van der Waals surface area contributed by atoms with Crippen LogP contribution in [-0.2, 0) is 0 Å². The minimum absolute atomic E-state index is 0.598. The number of rotatable bonds is 4. The van der Waals surface area contributed by atoms with Crippen molar-refractivity contribution in [3.05, 3.63) is 146 Å². The molecule has 4 aromatic heterocycles. The Balaban J connectivity index is 1.27. The molecule has 6 heteroatoms. The van der Waals surface area contributed by atoms with E-state index in [1.165, 1.54) is 0 Å². The molecule has 9 rings (SSSR count). The highest BCUT2D eigenvalue weighted by Gasteiger charge is 2.17. The quantitative estimate of drug-likeness (QED) is 0.191. The van der Waals surface area contributed by atoms with Gasteiger partial charge in [0.1, 0.15) is 0 Å². The molecular formula is C40H24N6. The predicted octanol–water partition coefficient (Wildman–Crippen LogP) is 9.34. The first-order valence-corrected chi connectivity index (χ1v) is 15.1. The summed E-state index contributed by atoms with van der Waals surface area (Å²) in [7, 11) is 0. The second-order valence-electron chi connectivity index (χ2n) is 11.2. The maximum absolute atomic E-state index is 5.20. The highest BCUT2D eigenvalue weighted by Crippen LogP contribution is 2.38. The van der Waals surface area contributed by atoms with E-state index in [9.17, 15) is 0 Å². The van der Waals surface area contributed by atoms with E-state index in [0.29, 0.717) is 17.5 Å². The topological polar surface area (TPSA) is 77.3 Å². The molecule has 0 fully saturated rings. The van der Waals surface area contributed by atoms with Crippen LogP contribution >= 0.6 is 0 Å². The maximum atomic E-state index is 5.20. The summed E-state index contributed by atoms with van der Waals surface area (Å²) in [6, 6.07) is 44.9. The molecule has 5 aromatic carbocycles. The molecule has 0 saturated carbocycles. The van der Waals surface area contributed by atoms with Crippen LogP contribution < -0.4 is 0 Å². The van der Waals surface area contributed by atoms with Gasteiger partial charge in [0, 0.05) is 61.6 Å². The van der Waals surface area contributed by atoms with Crippen molar-refractivity contribution in [2.75, 3.05) is 0 Å². The monoisotopic (exact) mass is 588 g/mol. The minimum Gasteiger partial charge on any atom is -0.254 e. The molecule has 6 nitrogen and oxygen atoms in total. The Kier molecular flexibility index (Phi) is 6.03. The van der Waals surface area contributed by atoms with Gasteiger partial charge in [-0.05, 0) is 18.2 Å². The van der Waals surface area contributed by atoms with Gasteiger partial charge in [0.15, 0.2) is 17.5 Å². The number of fused-ring (bicyclic) bond motifs is 7. The molecule has 0 aliphatic rings. The number of para-hydroxylation sites is 1. The smallest absolute Gasteiger partial charge is 0.164 e. The molecule has 9 aromatic rings. The Morgan fingerprint density at radius 2 is 1.04 bits per heavy atom. The fraction of sp³-hybridized carbons (Fsp3) is 0. The van der Waals surface area contributed by atoms with Crippen molar-refractivity contribution in [2.24, 2.45) is 0 Å². The second kappa shape index (κ2) is 10.6. The Morgan fingerprint density at radius 3 is 1.80 bits per heavy atom. The molecule has 0 amide bonds. The summed E-state index contributed by atoms with van der Waals surface area (Å²) in [5.74, 6) is 1.85. The second-order valence-corrected chi connectivity index (χ2v) is 11.2. The fourth-order valence-electron chi connectivity index (χ4n) is 6.20. The SMILES string of the molecule is c1ccc(-c2nc(-c3ccccc3)nc(-c3cccc(-c4nc5ccccc5c5c4cnc4c5ccc5cccnc54)c3)n2)cc1. The lowest BCUT2D eigenvalue weighted by molar-refractivity contribution is 1.07. The lowest BCUT2D eigenvalue weighted by atomic mass is 9.96. The number of benzene rings is 5. The van der Waals surface area contributed by atoms with Crippen molar-refractivity contribution < 1.29 is 0 Å². The molecule has 0 N–H and O–H groups in total. The molecule has 46 heavy (non-hydrogen) atoms. The van der Waals surface area contributed by atoms with Crippen molar-refractivity contribution >= 4 is 43.5 Å². The summed E-state index contributed by atoms with van der Waals surface area (Å²) in [5.41, 5.74) is 7.24. The summed E-state index contributed by atoms with van der Waals surface area (Å²) < 4.78 is 0. The average Bonchev–Trinajstić information content (AvgIpc) is 3.14. The van der Waals surface area contributed by atoms with Gasteiger partial charge in [0.05, 0.1) is 22.2 Å². The van der Waals surface area contributed by atoms with Gasteiger partial charge >= 0.3 is 0 Å². The fourth-order valence-corrected chi connectivity index (χ4v) is 6.20. The van der Waals surface area contributed by atoms with E-state index < -0.39 is 0 Å². The first kappa shape index (κ1) is 26.0. The Morgan fingerprint density at radius 1 is 0.391 bits per heavy atom. The molecule has 0 bridgehead atoms. The van der Waals surface area contributed by atoms with E-state index in [4.69, 9.17) is 24.9 Å². The molecule has 0 saturated heterocycles. The predicted molar refractivity (Wildman–Crippen MR) is 185 cm³/mol. The third-order valence-corrected chi connectivity index (χ3v) is 8.36. The van der Waals surface area contributed by atoms with Crippen molar-refractivity contribution in [3.8, 4) is 45.4 Å². The van der Waals surface area contributed by atoms with Crippen molar-refractivity contribution in [2.45, 2.75) is 0 Å². The Labute approximate surface area is 264 Å². The third kappa shape index (κ3) is 4.35. The van der Waals surface area contributed by atoms with Crippen LogP contribution in [0.4, 0.5) is 0 Å². The van der Waals surface area contributed by atoms with E-state index >= 15 is 0 Å². The zero-order valence-electron chi connectivity index (χ0n) is 24.5.